The largest absolute Gasteiger partial charge is 0.379 e. The van der Waals surface area contributed by atoms with Gasteiger partial charge in [0.05, 0.1) is 13.2 Å². The first kappa shape index (κ1) is 26.2. The summed E-state index contributed by atoms with van der Waals surface area (Å²) >= 11 is 2.04. The van der Waals surface area contributed by atoms with E-state index >= 15 is 0 Å². The standard InChI is InChI=1S/C22H35N5O2S.HI/c1-23-21(24-9-7-18-5-4-6-19(15-18)20(28)26(2)3)25-16-22(8-14-30-17-22)27-10-12-29-13-11-27;/h4-6,15H,7-14,16-17H2,1-3H3,(H2,23,24,25);1H. The molecule has 1 aromatic rings. The number of morpholine rings is 1. The van der Waals surface area contributed by atoms with E-state index < -0.39 is 0 Å². The summed E-state index contributed by atoms with van der Waals surface area (Å²) in [5.41, 5.74) is 2.06. The third-order valence-corrected chi connectivity index (χ3v) is 7.09. The number of hydrogen-bond acceptors (Lipinski definition) is 5. The molecule has 2 aliphatic heterocycles. The summed E-state index contributed by atoms with van der Waals surface area (Å²) in [4.78, 5) is 20.8. The van der Waals surface area contributed by atoms with Crippen molar-refractivity contribution >= 4 is 47.6 Å². The van der Waals surface area contributed by atoms with Crippen LogP contribution in [-0.4, -0.2) is 99.2 Å². The van der Waals surface area contributed by atoms with Crippen LogP contribution in [-0.2, 0) is 11.2 Å². The first-order chi connectivity index (χ1) is 14.5. The van der Waals surface area contributed by atoms with Crippen molar-refractivity contribution in [3.63, 3.8) is 0 Å². The van der Waals surface area contributed by atoms with E-state index in [0.717, 1.165) is 68.7 Å². The number of ether oxygens (including phenoxy) is 1. The van der Waals surface area contributed by atoms with Gasteiger partial charge in [0, 0.05) is 64.2 Å². The Hall–Kier alpha value is -1.04. The van der Waals surface area contributed by atoms with E-state index in [1.807, 2.05) is 37.0 Å². The molecule has 174 valence electrons. The van der Waals surface area contributed by atoms with Crippen molar-refractivity contribution < 1.29 is 9.53 Å². The number of carbonyl (C=O) groups excluding carboxylic acids is 1. The van der Waals surface area contributed by atoms with Gasteiger partial charge in [-0.05, 0) is 36.3 Å². The minimum absolute atomic E-state index is 0. The minimum Gasteiger partial charge on any atom is -0.379 e. The number of nitrogens with zero attached hydrogens (tertiary/aromatic N) is 3. The fraction of sp³-hybridized carbons (Fsp3) is 0.636. The van der Waals surface area contributed by atoms with Gasteiger partial charge in [-0.15, -0.1) is 24.0 Å². The quantitative estimate of drug-likeness (QED) is 0.302. The number of thioether (sulfide) groups is 1. The van der Waals surface area contributed by atoms with Crippen molar-refractivity contribution in [3.05, 3.63) is 35.4 Å². The lowest BCUT2D eigenvalue weighted by Crippen LogP contribution is -2.60. The molecular formula is C22H36IN5O2S. The van der Waals surface area contributed by atoms with Crippen LogP contribution in [0.15, 0.2) is 29.3 Å². The molecular weight excluding hydrogens is 525 g/mol. The second-order valence-corrected chi connectivity index (χ2v) is 9.23. The molecule has 0 aliphatic carbocycles. The van der Waals surface area contributed by atoms with Crippen molar-refractivity contribution in [2.24, 2.45) is 4.99 Å². The molecule has 2 N–H and O–H groups in total. The van der Waals surface area contributed by atoms with Crippen LogP contribution in [0.5, 0.6) is 0 Å². The normalized spacial score (nSPS) is 22.0. The van der Waals surface area contributed by atoms with E-state index in [0.29, 0.717) is 0 Å². The molecule has 1 unspecified atom stereocenters. The van der Waals surface area contributed by atoms with E-state index in [-0.39, 0.29) is 35.4 Å². The molecule has 2 aliphatic rings. The fourth-order valence-corrected chi connectivity index (χ4v) is 5.52. The van der Waals surface area contributed by atoms with Gasteiger partial charge in [-0.1, -0.05) is 12.1 Å². The Bertz CT molecular complexity index is 734. The van der Waals surface area contributed by atoms with Gasteiger partial charge >= 0.3 is 0 Å². The number of guanidine groups is 1. The summed E-state index contributed by atoms with van der Waals surface area (Å²) in [6.45, 7) is 5.33. The monoisotopic (exact) mass is 561 g/mol. The minimum atomic E-state index is 0. The Morgan fingerprint density at radius 1 is 1.29 bits per heavy atom. The van der Waals surface area contributed by atoms with Crippen LogP contribution in [0.3, 0.4) is 0 Å². The second-order valence-electron chi connectivity index (χ2n) is 8.13. The molecule has 0 spiro atoms. The number of benzene rings is 1. The molecule has 0 radical (unpaired) electrons. The Kier molecular flexibility index (Phi) is 10.9. The molecule has 0 aromatic heterocycles. The summed E-state index contributed by atoms with van der Waals surface area (Å²) in [5.74, 6) is 3.24. The number of halogens is 1. The van der Waals surface area contributed by atoms with Gasteiger partial charge in [0.2, 0.25) is 0 Å². The summed E-state index contributed by atoms with van der Waals surface area (Å²) in [5, 5.41) is 6.99. The third-order valence-electron chi connectivity index (χ3n) is 5.86. The lowest BCUT2D eigenvalue weighted by atomic mass is 9.95. The van der Waals surface area contributed by atoms with Crippen molar-refractivity contribution in [1.29, 1.82) is 0 Å². The van der Waals surface area contributed by atoms with Crippen molar-refractivity contribution in [3.8, 4) is 0 Å². The zero-order valence-electron chi connectivity index (χ0n) is 18.9. The molecule has 31 heavy (non-hydrogen) atoms. The Morgan fingerprint density at radius 2 is 2.06 bits per heavy atom. The fourth-order valence-electron chi connectivity index (χ4n) is 4.05. The predicted octanol–water partition coefficient (Wildman–Crippen LogP) is 1.92. The number of nitrogens with one attached hydrogen (secondary N) is 2. The maximum Gasteiger partial charge on any atom is 0.253 e. The van der Waals surface area contributed by atoms with Crippen LogP contribution < -0.4 is 10.6 Å². The highest BCUT2D eigenvalue weighted by atomic mass is 127. The number of hydrogen-bond donors (Lipinski definition) is 2. The zero-order valence-corrected chi connectivity index (χ0v) is 22.0. The summed E-state index contributed by atoms with van der Waals surface area (Å²) < 4.78 is 5.55. The number of carbonyl (C=O) groups is 1. The van der Waals surface area contributed by atoms with Gasteiger partial charge < -0.3 is 20.3 Å². The molecule has 2 heterocycles. The molecule has 1 aromatic carbocycles. The van der Waals surface area contributed by atoms with Crippen LogP contribution >= 0.6 is 35.7 Å². The molecule has 1 amide bonds. The van der Waals surface area contributed by atoms with Gasteiger partial charge in [0.1, 0.15) is 0 Å². The summed E-state index contributed by atoms with van der Waals surface area (Å²) in [7, 11) is 5.37. The predicted molar refractivity (Wildman–Crippen MR) is 140 cm³/mol. The van der Waals surface area contributed by atoms with Gasteiger partial charge in [-0.25, -0.2) is 0 Å². The Morgan fingerprint density at radius 3 is 2.71 bits per heavy atom. The van der Waals surface area contributed by atoms with E-state index in [1.165, 1.54) is 12.2 Å². The maximum atomic E-state index is 12.2. The highest BCUT2D eigenvalue weighted by Crippen LogP contribution is 2.33. The molecule has 3 rings (SSSR count). The first-order valence-corrected chi connectivity index (χ1v) is 11.9. The summed E-state index contributed by atoms with van der Waals surface area (Å²) in [6, 6.07) is 7.85. The Labute approximate surface area is 207 Å². The molecule has 2 saturated heterocycles. The van der Waals surface area contributed by atoms with Gasteiger partial charge in [-0.3, -0.25) is 14.7 Å². The highest BCUT2D eigenvalue weighted by Gasteiger charge is 2.40. The third kappa shape index (κ3) is 7.23. The summed E-state index contributed by atoms with van der Waals surface area (Å²) in [6.07, 6.45) is 2.04. The van der Waals surface area contributed by atoms with Gasteiger partial charge in [-0.2, -0.15) is 11.8 Å². The molecule has 9 heteroatoms. The van der Waals surface area contributed by atoms with Crippen LogP contribution in [0.25, 0.3) is 0 Å². The van der Waals surface area contributed by atoms with Crippen molar-refractivity contribution in [2.45, 2.75) is 18.4 Å². The topological polar surface area (TPSA) is 69.2 Å². The maximum absolute atomic E-state index is 12.2. The van der Waals surface area contributed by atoms with E-state index in [4.69, 9.17) is 4.74 Å². The van der Waals surface area contributed by atoms with Crippen LogP contribution in [0.4, 0.5) is 0 Å². The highest BCUT2D eigenvalue weighted by molar-refractivity contribution is 14.0. The lowest BCUT2D eigenvalue weighted by Gasteiger charge is -2.43. The SMILES string of the molecule is CN=C(NCCc1cccc(C(=O)N(C)C)c1)NCC1(N2CCOCC2)CCSC1.I. The number of rotatable bonds is 7. The smallest absolute Gasteiger partial charge is 0.253 e. The molecule has 7 nitrogen and oxygen atoms in total. The van der Waals surface area contributed by atoms with E-state index in [9.17, 15) is 4.79 Å². The van der Waals surface area contributed by atoms with Crippen LogP contribution in [0, 0.1) is 0 Å². The molecule has 1 atom stereocenters. The Balaban J connectivity index is 0.00000341. The zero-order chi connectivity index (χ0) is 21.4. The molecule has 2 fully saturated rings. The second kappa shape index (κ2) is 12.9. The van der Waals surface area contributed by atoms with Crippen LogP contribution in [0.1, 0.15) is 22.3 Å². The van der Waals surface area contributed by atoms with E-state index in [2.05, 4.69) is 26.6 Å². The van der Waals surface area contributed by atoms with Crippen molar-refractivity contribution in [2.75, 3.05) is 72.0 Å². The van der Waals surface area contributed by atoms with Crippen molar-refractivity contribution in [1.82, 2.24) is 20.4 Å². The molecule has 0 bridgehead atoms. The lowest BCUT2D eigenvalue weighted by molar-refractivity contribution is -0.0120. The number of amides is 1. The average molecular weight is 562 g/mol. The van der Waals surface area contributed by atoms with Gasteiger partial charge in [0.15, 0.2) is 5.96 Å². The van der Waals surface area contributed by atoms with Gasteiger partial charge in [0.25, 0.3) is 5.91 Å². The van der Waals surface area contributed by atoms with E-state index in [1.54, 1.807) is 19.0 Å². The van der Waals surface area contributed by atoms with Crippen LogP contribution in [0.2, 0.25) is 0 Å². The molecule has 0 saturated carbocycles. The first-order valence-electron chi connectivity index (χ1n) is 10.7. The average Bonchev–Trinajstić information content (AvgIpc) is 3.26. The number of aliphatic imine (C=N–C) groups is 1.